The van der Waals surface area contributed by atoms with Crippen molar-refractivity contribution in [2.75, 3.05) is 0 Å². The highest BCUT2D eigenvalue weighted by Crippen LogP contribution is 2.28. The number of allylic oxidation sites excluding steroid dienone is 5. The Labute approximate surface area is 207 Å². The van der Waals surface area contributed by atoms with Gasteiger partial charge in [0.1, 0.15) is 0 Å². The van der Waals surface area contributed by atoms with Gasteiger partial charge in [0, 0.05) is 0 Å². The molecule has 0 aliphatic rings. The zero-order chi connectivity index (χ0) is 25.4. The number of carbonyl (C=O) groups is 1. The molecule has 0 aromatic rings. The Balaban J connectivity index is 4.10. The summed E-state index contributed by atoms with van der Waals surface area (Å²) >= 11 is 0. The molecule has 0 saturated heterocycles. The van der Waals surface area contributed by atoms with E-state index in [9.17, 15) is 9.90 Å². The molecular weight excluding hydrogens is 427 g/mol. The number of hydrogen-bond donors (Lipinski definition) is 2. The fourth-order valence-corrected chi connectivity index (χ4v) is 4.72. The van der Waals surface area contributed by atoms with Crippen molar-refractivity contribution in [2.45, 2.75) is 124 Å². The van der Waals surface area contributed by atoms with E-state index in [1.165, 1.54) is 42.1 Å². The van der Waals surface area contributed by atoms with Crippen LogP contribution < -0.4 is 0 Å². The van der Waals surface area contributed by atoms with E-state index in [1.54, 1.807) is 6.92 Å². The maximum atomic E-state index is 10.9. The first-order valence-electron chi connectivity index (χ1n) is 13.1. The number of carboxylic acid groups (broad SMARTS) is 1. The Morgan fingerprint density at radius 2 is 1.64 bits per heavy atom. The monoisotopic (exact) mass is 480 g/mol. The van der Waals surface area contributed by atoms with E-state index in [1.807, 2.05) is 13.0 Å². The predicted molar refractivity (Wildman–Crippen MR) is 148 cm³/mol. The summed E-state index contributed by atoms with van der Waals surface area (Å²) < 4.78 is 0. The van der Waals surface area contributed by atoms with E-state index < -0.39 is 11.6 Å². The van der Waals surface area contributed by atoms with Crippen molar-refractivity contribution in [2.24, 2.45) is 17.8 Å². The minimum atomic E-state index is -0.750. The van der Waals surface area contributed by atoms with E-state index in [-0.39, 0.29) is 5.92 Å². The van der Waals surface area contributed by atoms with Crippen molar-refractivity contribution >= 4 is 15.2 Å². The Kier molecular flexibility index (Phi) is 17.0. The summed E-state index contributed by atoms with van der Waals surface area (Å²) in [5.74, 6) is 0.249. The molecule has 0 radical (unpaired) electrons. The summed E-state index contributed by atoms with van der Waals surface area (Å²) in [5.41, 5.74) is 2.22. The molecule has 5 unspecified atom stereocenters. The number of hydrogen-bond acceptors (Lipinski definition) is 2. The lowest BCUT2D eigenvalue weighted by Gasteiger charge is -2.23. The number of aliphatic carboxylic acids is 1. The molecule has 0 spiro atoms. The van der Waals surface area contributed by atoms with Crippen molar-refractivity contribution in [1.29, 1.82) is 0 Å². The van der Waals surface area contributed by atoms with Crippen LogP contribution in [0.3, 0.4) is 0 Å². The normalized spacial score (nSPS) is 17.6. The van der Waals surface area contributed by atoms with Gasteiger partial charge in [-0.3, -0.25) is 4.79 Å². The molecule has 0 aliphatic carbocycles. The number of carboxylic acids is 1. The molecule has 2 N–H and O–H groups in total. The summed E-state index contributed by atoms with van der Waals surface area (Å²) in [7, 11) is 2.96. The van der Waals surface area contributed by atoms with Crippen LogP contribution in [0.5, 0.6) is 0 Å². The molecule has 0 aromatic heterocycles. The summed E-state index contributed by atoms with van der Waals surface area (Å²) in [5, 5.41) is 21.0. The first-order chi connectivity index (χ1) is 15.4. The fraction of sp³-hybridized carbons (Fsp3) is 0.759. The highest BCUT2D eigenvalue weighted by molar-refractivity contribution is 7.22. The van der Waals surface area contributed by atoms with Gasteiger partial charge in [-0.15, -0.1) is 15.8 Å². The molecule has 33 heavy (non-hydrogen) atoms. The van der Waals surface area contributed by atoms with Gasteiger partial charge < -0.3 is 10.2 Å². The lowest BCUT2D eigenvalue weighted by molar-refractivity contribution is -0.141. The van der Waals surface area contributed by atoms with Gasteiger partial charge in [0.2, 0.25) is 0 Å². The smallest absolute Gasteiger partial charge is 0.306 e. The third-order valence-corrected chi connectivity index (χ3v) is 7.87. The molecule has 0 rings (SSSR count). The second kappa shape index (κ2) is 17.5. The van der Waals surface area contributed by atoms with Gasteiger partial charge in [-0.05, 0) is 103 Å². The average Bonchev–Trinajstić information content (AvgIpc) is 2.72. The van der Waals surface area contributed by atoms with Crippen LogP contribution in [0.4, 0.5) is 0 Å². The van der Waals surface area contributed by atoms with Crippen molar-refractivity contribution < 1.29 is 15.0 Å². The number of rotatable bonds is 19. The molecule has 4 heteroatoms. The van der Waals surface area contributed by atoms with Crippen LogP contribution in [-0.4, -0.2) is 21.8 Å². The molecule has 0 saturated carbocycles. The molecule has 0 aliphatic heterocycles. The SMILES string of the molecule is C=CCC(C)/C(C)=C(/P)CCCC(C)CC/C=C(\C)CCCC(C)(O)CCCC(C)C(=O)O. The van der Waals surface area contributed by atoms with Crippen LogP contribution in [0.15, 0.2) is 35.2 Å². The van der Waals surface area contributed by atoms with Gasteiger partial charge in [-0.1, -0.05) is 55.8 Å². The Morgan fingerprint density at radius 1 is 1.00 bits per heavy atom. The molecular formula is C29H53O3P. The van der Waals surface area contributed by atoms with E-state index in [4.69, 9.17) is 5.11 Å². The molecule has 0 aromatic carbocycles. The van der Waals surface area contributed by atoms with Crippen molar-refractivity contribution in [3.05, 3.63) is 35.2 Å². The summed E-state index contributed by atoms with van der Waals surface area (Å²) in [6, 6.07) is 0. The van der Waals surface area contributed by atoms with E-state index in [0.717, 1.165) is 44.4 Å². The standard InChI is InChI=1S/C29H53O3P/c1-8-13-24(4)26(6)27(33)19-10-16-22(2)14-9-15-23(3)17-11-20-29(7,32)21-12-18-25(5)28(30)31/h8,15,22,24-25,32H,1,9-14,16-21,33H2,2-7H3,(H,30,31)/b23-15+,27-26+. The van der Waals surface area contributed by atoms with Gasteiger partial charge in [0.25, 0.3) is 0 Å². The molecule has 3 nitrogen and oxygen atoms in total. The largest absolute Gasteiger partial charge is 0.481 e. The zero-order valence-electron chi connectivity index (χ0n) is 22.5. The lowest BCUT2D eigenvalue weighted by Crippen LogP contribution is -2.24. The molecule has 192 valence electrons. The number of aliphatic hydroxyl groups is 1. The summed E-state index contributed by atoms with van der Waals surface area (Å²) in [4.78, 5) is 10.9. The van der Waals surface area contributed by atoms with Crippen molar-refractivity contribution in [1.82, 2.24) is 0 Å². The van der Waals surface area contributed by atoms with Crippen LogP contribution in [0.25, 0.3) is 0 Å². The third kappa shape index (κ3) is 16.4. The highest BCUT2D eigenvalue weighted by atomic mass is 31.0. The van der Waals surface area contributed by atoms with Crippen LogP contribution in [-0.2, 0) is 4.79 Å². The molecule has 0 bridgehead atoms. The second-order valence-corrected chi connectivity index (χ2v) is 11.4. The first kappa shape index (κ1) is 32.1. The minimum absolute atomic E-state index is 0.331. The van der Waals surface area contributed by atoms with Crippen LogP contribution in [0, 0.1) is 17.8 Å². The van der Waals surface area contributed by atoms with Gasteiger partial charge in [-0.25, -0.2) is 0 Å². The van der Waals surface area contributed by atoms with Gasteiger partial charge in [0.15, 0.2) is 0 Å². The van der Waals surface area contributed by atoms with Crippen LogP contribution in [0.2, 0.25) is 0 Å². The highest BCUT2D eigenvalue weighted by Gasteiger charge is 2.20. The maximum absolute atomic E-state index is 10.9. The van der Waals surface area contributed by atoms with Crippen molar-refractivity contribution in [3.63, 3.8) is 0 Å². The molecule has 0 fully saturated rings. The predicted octanol–water partition coefficient (Wildman–Crippen LogP) is 8.69. The van der Waals surface area contributed by atoms with Gasteiger partial charge in [0.05, 0.1) is 11.5 Å². The van der Waals surface area contributed by atoms with E-state index >= 15 is 0 Å². The third-order valence-electron chi connectivity index (χ3n) is 7.12. The topological polar surface area (TPSA) is 57.5 Å². The Morgan fingerprint density at radius 3 is 2.24 bits per heavy atom. The zero-order valence-corrected chi connectivity index (χ0v) is 23.6. The van der Waals surface area contributed by atoms with Crippen LogP contribution in [0.1, 0.15) is 119 Å². The first-order valence-corrected chi connectivity index (χ1v) is 13.6. The molecule has 0 heterocycles. The summed E-state index contributed by atoms with van der Waals surface area (Å²) in [6.07, 6.45) is 16.3. The molecule has 5 atom stereocenters. The van der Waals surface area contributed by atoms with Gasteiger partial charge >= 0.3 is 5.97 Å². The van der Waals surface area contributed by atoms with Crippen molar-refractivity contribution in [3.8, 4) is 0 Å². The van der Waals surface area contributed by atoms with E-state index in [2.05, 4.69) is 49.6 Å². The quantitative estimate of drug-likeness (QED) is 0.144. The molecule has 0 amide bonds. The lowest BCUT2D eigenvalue weighted by atomic mass is 9.90. The minimum Gasteiger partial charge on any atom is -0.481 e. The van der Waals surface area contributed by atoms with E-state index in [0.29, 0.717) is 18.8 Å². The Hall–Kier alpha value is -0.920. The maximum Gasteiger partial charge on any atom is 0.306 e. The fourth-order valence-electron chi connectivity index (χ4n) is 4.23. The van der Waals surface area contributed by atoms with Gasteiger partial charge in [-0.2, -0.15) is 0 Å². The average molecular weight is 481 g/mol. The summed E-state index contributed by atoms with van der Waals surface area (Å²) in [6.45, 7) is 16.6. The van der Waals surface area contributed by atoms with Crippen LogP contribution >= 0.6 is 9.24 Å². The second-order valence-electron chi connectivity index (χ2n) is 10.7. The Bertz CT molecular complexity index is 633.